The number of rotatable bonds is 7. The standard InChI is InChI=1S/C23H20N2O6S/c26-22(17-6-10-21(11-7-17)32(29,30)24-14-1-2-15-24)12-8-20-9-13-23(31-20)18-4-3-5-19(16-18)25(27)28/h3-13,16H,1-2,14-15H2/b12-8+. The van der Waals surface area contributed by atoms with Crippen LogP contribution >= 0.6 is 0 Å². The molecule has 0 N–H and O–H groups in total. The van der Waals surface area contributed by atoms with Crippen LogP contribution in [0.1, 0.15) is 29.0 Å². The summed E-state index contributed by atoms with van der Waals surface area (Å²) < 4.78 is 32.3. The van der Waals surface area contributed by atoms with E-state index in [9.17, 15) is 23.3 Å². The number of non-ortho nitro benzene ring substituents is 1. The normalized spacial score (nSPS) is 14.8. The van der Waals surface area contributed by atoms with Gasteiger partial charge in [-0.2, -0.15) is 4.31 Å². The zero-order valence-electron chi connectivity index (χ0n) is 17.0. The number of nitrogens with zero attached hydrogens (tertiary/aromatic N) is 2. The molecule has 9 heteroatoms. The van der Waals surface area contributed by atoms with Crippen LogP contribution in [0.2, 0.25) is 0 Å². The summed E-state index contributed by atoms with van der Waals surface area (Å²) in [5.74, 6) is 0.550. The summed E-state index contributed by atoms with van der Waals surface area (Å²) in [5.41, 5.74) is 0.869. The van der Waals surface area contributed by atoms with Crippen molar-refractivity contribution < 1.29 is 22.6 Å². The topological polar surface area (TPSA) is 111 Å². The number of benzene rings is 2. The summed E-state index contributed by atoms with van der Waals surface area (Å²) in [6, 6.07) is 15.3. The number of nitro groups is 1. The number of hydrogen-bond donors (Lipinski definition) is 0. The van der Waals surface area contributed by atoms with Crippen LogP contribution < -0.4 is 0 Å². The first kappa shape index (κ1) is 21.7. The van der Waals surface area contributed by atoms with Crippen LogP contribution in [-0.2, 0) is 10.0 Å². The van der Waals surface area contributed by atoms with Crippen molar-refractivity contribution in [2.75, 3.05) is 13.1 Å². The molecule has 32 heavy (non-hydrogen) atoms. The monoisotopic (exact) mass is 452 g/mol. The van der Waals surface area contributed by atoms with Crippen molar-refractivity contribution in [3.05, 3.63) is 88.2 Å². The fraction of sp³-hybridized carbons (Fsp3) is 0.174. The Morgan fingerprint density at radius 1 is 1.03 bits per heavy atom. The summed E-state index contributed by atoms with van der Waals surface area (Å²) in [7, 11) is -3.52. The molecule has 1 saturated heterocycles. The summed E-state index contributed by atoms with van der Waals surface area (Å²) in [5, 5.41) is 10.9. The molecule has 0 spiro atoms. The predicted octanol–water partition coefficient (Wildman–Crippen LogP) is 4.54. The molecule has 1 aromatic heterocycles. The van der Waals surface area contributed by atoms with Crippen molar-refractivity contribution in [3.63, 3.8) is 0 Å². The Morgan fingerprint density at radius 2 is 1.75 bits per heavy atom. The number of hydrogen-bond acceptors (Lipinski definition) is 6. The van der Waals surface area contributed by atoms with Crippen LogP contribution in [0, 0.1) is 10.1 Å². The van der Waals surface area contributed by atoms with Crippen molar-refractivity contribution in [1.82, 2.24) is 4.31 Å². The Labute approximate surface area is 185 Å². The second kappa shape index (κ2) is 8.89. The highest BCUT2D eigenvalue weighted by atomic mass is 32.2. The summed E-state index contributed by atoms with van der Waals surface area (Å²) in [4.78, 5) is 23.1. The molecule has 0 unspecified atom stereocenters. The average Bonchev–Trinajstić information content (AvgIpc) is 3.50. The van der Waals surface area contributed by atoms with E-state index in [1.807, 2.05) is 0 Å². The molecular formula is C23H20N2O6S. The molecule has 4 rings (SSSR count). The van der Waals surface area contributed by atoms with Crippen LogP contribution in [-0.4, -0.2) is 36.5 Å². The number of carbonyl (C=O) groups excluding carboxylic acids is 1. The number of carbonyl (C=O) groups is 1. The van der Waals surface area contributed by atoms with Gasteiger partial charge in [0.25, 0.3) is 5.69 Å². The third-order valence-electron chi connectivity index (χ3n) is 5.21. The summed E-state index contributed by atoms with van der Waals surface area (Å²) in [6.45, 7) is 1.04. The number of allylic oxidation sites excluding steroid dienone is 1. The summed E-state index contributed by atoms with van der Waals surface area (Å²) in [6.07, 6.45) is 4.55. The van der Waals surface area contributed by atoms with Gasteiger partial charge >= 0.3 is 0 Å². The first-order chi connectivity index (χ1) is 15.3. The molecule has 0 saturated carbocycles. The first-order valence-corrected chi connectivity index (χ1v) is 11.5. The van der Waals surface area contributed by atoms with Crippen LogP contribution in [0.5, 0.6) is 0 Å². The lowest BCUT2D eigenvalue weighted by atomic mass is 10.1. The molecule has 1 aliphatic heterocycles. The zero-order chi connectivity index (χ0) is 22.7. The van der Waals surface area contributed by atoms with Crippen molar-refractivity contribution in [1.29, 1.82) is 0 Å². The maximum absolute atomic E-state index is 12.6. The predicted molar refractivity (Wildman–Crippen MR) is 119 cm³/mol. The van der Waals surface area contributed by atoms with Gasteiger partial charge in [-0.05, 0) is 61.4 Å². The second-order valence-corrected chi connectivity index (χ2v) is 9.28. The minimum atomic E-state index is -3.52. The maximum atomic E-state index is 12.6. The Kier molecular flexibility index (Phi) is 6.02. The minimum absolute atomic E-state index is 0.0404. The molecule has 1 fully saturated rings. The fourth-order valence-corrected chi connectivity index (χ4v) is 5.01. The Hall–Kier alpha value is -3.56. The molecule has 1 aliphatic rings. The molecule has 2 heterocycles. The third kappa shape index (κ3) is 4.53. The van der Waals surface area contributed by atoms with Crippen LogP contribution in [0.3, 0.4) is 0 Å². The molecule has 0 aliphatic carbocycles. The van der Waals surface area contributed by atoms with E-state index in [4.69, 9.17) is 4.42 Å². The van der Waals surface area contributed by atoms with E-state index in [0.717, 1.165) is 12.8 Å². The Bertz CT molecular complexity index is 1290. The van der Waals surface area contributed by atoms with Gasteiger partial charge in [-0.3, -0.25) is 14.9 Å². The molecule has 3 aromatic rings. The minimum Gasteiger partial charge on any atom is -0.457 e. The van der Waals surface area contributed by atoms with Crippen molar-refractivity contribution >= 4 is 27.6 Å². The lowest BCUT2D eigenvalue weighted by Gasteiger charge is -2.15. The molecule has 0 bridgehead atoms. The average molecular weight is 452 g/mol. The quantitative estimate of drug-likeness (QED) is 0.225. The van der Waals surface area contributed by atoms with Gasteiger partial charge in [0.05, 0.1) is 9.82 Å². The number of furan rings is 1. The van der Waals surface area contributed by atoms with Crippen molar-refractivity contribution in [3.8, 4) is 11.3 Å². The molecular weight excluding hydrogens is 432 g/mol. The Morgan fingerprint density at radius 3 is 2.44 bits per heavy atom. The van der Waals surface area contributed by atoms with E-state index in [0.29, 0.717) is 35.7 Å². The van der Waals surface area contributed by atoms with Crippen LogP contribution in [0.25, 0.3) is 17.4 Å². The van der Waals surface area contributed by atoms with E-state index < -0.39 is 14.9 Å². The second-order valence-electron chi connectivity index (χ2n) is 7.34. The maximum Gasteiger partial charge on any atom is 0.270 e. The highest BCUT2D eigenvalue weighted by Gasteiger charge is 2.27. The number of sulfonamides is 1. The van der Waals surface area contributed by atoms with Gasteiger partial charge in [0.1, 0.15) is 11.5 Å². The highest BCUT2D eigenvalue weighted by molar-refractivity contribution is 7.89. The van der Waals surface area contributed by atoms with Gasteiger partial charge in [0.2, 0.25) is 10.0 Å². The highest BCUT2D eigenvalue weighted by Crippen LogP contribution is 2.26. The third-order valence-corrected chi connectivity index (χ3v) is 7.12. The molecule has 164 valence electrons. The molecule has 0 radical (unpaired) electrons. The first-order valence-electron chi connectivity index (χ1n) is 10.0. The van der Waals surface area contributed by atoms with E-state index in [2.05, 4.69) is 0 Å². The number of nitro benzene ring substituents is 1. The summed E-state index contributed by atoms with van der Waals surface area (Å²) >= 11 is 0. The van der Waals surface area contributed by atoms with Crippen molar-refractivity contribution in [2.24, 2.45) is 0 Å². The SMILES string of the molecule is O=C(/C=C/c1ccc(-c2cccc([N+](=O)[O-])c2)o1)c1ccc(S(=O)(=O)N2CCCC2)cc1. The van der Waals surface area contributed by atoms with E-state index >= 15 is 0 Å². The van der Waals surface area contributed by atoms with Gasteiger partial charge < -0.3 is 4.42 Å². The largest absolute Gasteiger partial charge is 0.457 e. The van der Waals surface area contributed by atoms with E-state index in [1.54, 1.807) is 24.3 Å². The molecule has 0 amide bonds. The van der Waals surface area contributed by atoms with Crippen LogP contribution in [0.4, 0.5) is 5.69 Å². The van der Waals surface area contributed by atoms with Gasteiger partial charge in [-0.1, -0.05) is 12.1 Å². The van der Waals surface area contributed by atoms with Gasteiger partial charge in [0.15, 0.2) is 5.78 Å². The number of ketones is 1. The Balaban J connectivity index is 1.46. The fourth-order valence-electron chi connectivity index (χ4n) is 3.49. The van der Waals surface area contributed by atoms with Crippen molar-refractivity contribution in [2.45, 2.75) is 17.7 Å². The van der Waals surface area contributed by atoms with E-state index in [-0.39, 0.29) is 16.4 Å². The van der Waals surface area contributed by atoms with Gasteiger partial charge in [-0.25, -0.2) is 8.42 Å². The van der Waals surface area contributed by atoms with Gasteiger partial charge in [0, 0.05) is 36.3 Å². The molecule has 2 aromatic carbocycles. The molecule has 8 nitrogen and oxygen atoms in total. The lowest BCUT2D eigenvalue weighted by Crippen LogP contribution is -2.27. The zero-order valence-corrected chi connectivity index (χ0v) is 17.8. The lowest BCUT2D eigenvalue weighted by molar-refractivity contribution is -0.384. The van der Waals surface area contributed by atoms with E-state index in [1.165, 1.54) is 52.9 Å². The van der Waals surface area contributed by atoms with Crippen LogP contribution in [0.15, 0.2) is 76.1 Å². The molecule has 0 atom stereocenters. The smallest absolute Gasteiger partial charge is 0.270 e. The van der Waals surface area contributed by atoms with Gasteiger partial charge in [-0.15, -0.1) is 0 Å².